The Balaban J connectivity index is 4.39. The molecular weight excluding hydrogens is 196 g/mol. The number of hydrogen-bond acceptors (Lipinski definition) is 3. The van der Waals surface area contributed by atoms with Gasteiger partial charge in [0.05, 0.1) is 0 Å². The van der Waals surface area contributed by atoms with Crippen LogP contribution in [0.15, 0.2) is 0 Å². The Morgan fingerprint density at radius 1 is 1.07 bits per heavy atom. The van der Waals surface area contributed by atoms with Crippen LogP contribution in [0.25, 0.3) is 0 Å². The largest absolute Gasteiger partial charge is 0.506 e. The molecule has 86 valence electrons. The molecule has 0 radical (unpaired) electrons. The van der Waals surface area contributed by atoms with Crippen LogP contribution in [0.3, 0.4) is 0 Å². The van der Waals surface area contributed by atoms with E-state index in [0.29, 0.717) is 0 Å². The molecule has 0 saturated heterocycles. The summed E-state index contributed by atoms with van der Waals surface area (Å²) in [5.74, 6) is 0. The lowest BCUT2D eigenvalue weighted by Gasteiger charge is -2.36. The topological polar surface area (TPSA) is 27.7 Å². The molecule has 0 fully saturated rings. The van der Waals surface area contributed by atoms with Gasteiger partial charge in [0.15, 0.2) is 0 Å². The van der Waals surface area contributed by atoms with Gasteiger partial charge in [0.1, 0.15) is 0 Å². The van der Waals surface area contributed by atoms with Crippen LogP contribution >= 0.6 is 0 Å². The molecule has 0 aliphatic carbocycles. The van der Waals surface area contributed by atoms with Crippen molar-refractivity contribution in [3.63, 3.8) is 0 Å². The third-order valence-corrected chi connectivity index (χ3v) is 5.74. The van der Waals surface area contributed by atoms with Crippen molar-refractivity contribution >= 4 is 8.80 Å². The third-order valence-electron chi connectivity index (χ3n) is 2.25. The highest BCUT2D eigenvalue weighted by atomic mass is 28.4. The average Bonchev–Trinajstić information content (AvgIpc) is 2.11. The van der Waals surface area contributed by atoms with Crippen LogP contribution in [0, 0.1) is 0 Å². The highest BCUT2D eigenvalue weighted by molar-refractivity contribution is 6.63. The molecule has 0 atom stereocenters. The van der Waals surface area contributed by atoms with Gasteiger partial charge in [0, 0.05) is 25.9 Å². The molecule has 0 amide bonds. The Morgan fingerprint density at radius 3 is 1.86 bits per heavy atom. The van der Waals surface area contributed by atoms with E-state index in [1.54, 1.807) is 14.2 Å². The second-order valence-electron chi connectivity index (χ2n) is 4.42. The highest BCUT2D eigenvalue weighted by Gasteiger charge is 2.51. The van der Waals surface area contributed by atoms with Crippen molar-refractivity contribution in [1.82, 2.24) is 0 Å². The summed E-state index contributed by atoms with van der Waals surface area (Å²) in [7, 11) is 0.865. The van der Waals surface area contributed by atoms with E-state index >= 15 is 0 Å². The zero-order chi connectivity index (χ0) is 11.2. The summed E-state index contributed by atoms with van der Waals surface area (Å²) in [6, 6.07) is 0. The molecule has 0 aliphatic rings. The lowest BCUT2D eigenvalue weighted by molar-refractivity contribution is 0.0749. The van der Waals surface area contributed by atoms with E-state index in [-0.39, 0.29) is 5.04 Å². The van der Waals surface area contributed by atoms with Crippen LogP contribution in [0.4, 0.5) is 0 Å². The predicted octanol–water partition coefficient (Wildman–Crippen LogP) is 2.83. The lowest BCUT2D eigenvalue weighted by Crippen LogP contribution is -2.52. The highest BCUT2D eigenvalue weighted by Crippen LogP contribution is 2.37. The van der Waals surface area contributed by atoms with Gasteiger partial charge in [-0.15, -0.1) is 0 Å². The minimum absolute atomic E-state index is 0.0652. The van der Waals surface area contributed by atoms with Crippen LogP contribution < -0.4 is 0 Å². The molecular formula is C10H24O3Si. The maximum Gasteiger partial charge on any atom is 0.506 e. The predicted molar refractivity (Wildman–Crippen MR) is 60.3 cm³/mol. The molecule has 0 bridgehead atoms. The minimum Gasteiger partial charge on any atom is -0.377 e. The summed E-state index contributed by atoms with van der Waals surface area (Å²) in [5.41, 5.74) is 0. The van der Waals surface area contributed by atoms with Crippen molar-refractivity contribution < 1.29 is 13.3 Å². The zero-order valence-electron chi connectivity index (χ0n) is 10.3. The van der Waals surface area contributed by atoms with Crippen LogP contribution in [-0.4, -0.2) is 29.6 Å². The van der Waals surface area contributed by atoms with Crippen LogP contribution in [0.1, 0.15) is 40.5 Å². The molecule has 14 heavy (non-hydrogen) atoms. The van der Waals surface area contributed by atoms with Crippen molar-refractivity contribution in [2.75, 3.05) is 20.8 Å². The molecule has 0 aromatic carbocycles. The van der Waals surface area contributed by atoms with Gasteiger partial charge in [-0.2, -0.15) is 0 Å². The Labute approximate surface area is 89.1 Å². The van der Waals surface area contributed by atoms with E-state index in [9.17, 15) is 0 Å². The molecule has 0 saturated carbocycles. The van der Waals surface area contributed by atoms with Gasteiger partial charge < -0.3 is 13.3 Å². The fraction of sp³-hybridized carbons (Fsp3) is 1.00. The Morgan fingerprint density at radius 2 is 1.57 bits per heavy atom. The minimum atomic E-state index is -2.48. The summed E-state index contributed by atoms with van der Waals surface area (Å²) in [6.45, 7) is 9.15. The van der Waals surface area contributed by atoms with Crippen molar-refractivity contribution in [2.24, 2.45) is 0 Å². The molecule has 0 unspecified atom stereocenters. The second-order valence-corrected chi connectivity index (χ2v) is 8.13. The second kappa shape index (κ2) is 5.85. The normalized spacial score (nSPS) is 13.3. The SMILES string of the molecule is CCCCO[Si](OC)(OC)C(C)(C)C. The van der Waals surface area contributed by atoms with E-state index in [0.717, 1.165) is 19.4 Å². The molecule has 0 aromatic rings. The fourth-order valence-corrected chi connectivity index (χ4v) is 3.85. The Bertz CT molecular complexity index is 150. The van der Waals surface area contributed by atoms with E-state index in [2.05, 4.69) is 27.7 Å². The van der Waals surface area contributed by atoms with Crippen molar-refractivity contribution in [2.45, 2.75) is 45.6 Å². The lowest BCUT2D eigenvalue weighted by atomic mass is 10.3. The standard InChI is InChI=1S/C10H24O3Si/c1-7-8-9-13-14(11-5,12-6)10(2,3)4/h7-9H2,1-6H3. The summed E-state index contributed by atoms with van der Waals surface area (Å²) >= 11 is 0. The first-order valence-corrected chi connectivity index (χ1v) is 6.90. The summed E-state index contributed by atoms with van der Waals surface area (Å²) in [5, 5.41) is -0.0652. The first-order chi connectivity index (χ1) is 6.43. The van der Waals surface area contributed by atoms with E-state index in [1.807, 2.05) is 0 Å². The average molecular weight is 220 g/mol. The molecule has 0 heterocycles. The van der Waals surface area contributed by atoms with Gasteiger partial charge in [-0.3, -0.25) is 0 Å². The van der Waals surface area contributed by atoms with Gasteiger partial charge in [0.2, 0.25) is 0 Å². The van der Waals surface area contributed by atoms with E-state index in [1.165, 1.54) is 0 Å². The smallest absolute Gasteiger partial charge is 0.377 e. The van der Waals surface area contributed by atoms with Crippen LogP contribution in [0.5, 0.6) is 0 Å². The van der Waals surface area contributed by atoms with Crippen molar-refractivity contribution in [1.29, 1.82) is 0 Å². The molecule has 0 aliphatic heterocycles. The van der Waals surface area contributed by atoms with Gasteiger partial charge in [-0.05, 0) is 6.42 Å². The monoisotopic (exact) mass is 220 g/mol. The fourth-order valence-electron chi connectivity index (χ4n) is 1.38. The number of rotatable bonds is 6. The molecule has 0 rings (SSSR count). The summed E-state index contributed by atoms with van der Waals surface area (Å²) in [4.78, 5) is 0. The van der Waals surface area contributed by atoms with Gasteiger partial charge in [-0.25, -0.2) is 0 Å². The number of unbranched alkanes of at least 4 members (excludes halogenated alkanes) is 1. The molecule has 0 spiro atoms. The Hall–Kier alpha value is 0.0969. The maximum atomic E-state index is 5.83. The van der Waals surface area contributed by atoms with Crippen LogP contribution in [0.2, 0.25) is 5.04 Å². The number of hydrogen-bond donors (Lipinski definition) is 0. The summed E-state index contributed by atoms with van der Waals surface area (Å²) < 4.78 is 16.8. The van der Waals surface area contributed by atoms with Crippen molar-refractivity contribution in [3.05, 3.63) is 0 Å². The third kappa shape index (κ3) is 3.35. The van der Waals surface area contributed by atoms with Crippen molar-refractivity contribution in [3.8, 4) is 0 Å². The van der Waals surface area contributed by atoms with E-state index in [4.69, 9.17) is 13.3 Å². The maximum absolute atomic E-state index is 5.83. The molecule has 0 N–H and O–H groups in total. The van der Waals surface area contributed by atoms with Gasteiger partial charge in [-0.1, -0.05) is 34.1 Å². The first-order valence-electron chi connectivity index (χ1n) is 5.17. The molecule has 4 heteroatoms. The Kier molecular flexibility index (Phi) is 5.89. The van der Waals surface area contributed by atoms with Gasteiger partial charge >= 0.3 is 8.80 Å². The molecule has 0 aromatic heterocycles. The summed E-state index contributed by atoms with van der Waals surface area (Å²) in [6.07, 6.45) is 2.18. The quantitative estimate of drug-likeness (QED) is 0.509. The molecule has 3 nitrogen and oxygen atoms in total. The zero-order valence-corrected chi connectivity index (χ0v) is 11.3. The van der Waals surface area contributed by atoms with Crippen LogP contribution in [-0.2, 0) is 13.3 Å². The van der Waals surface area contributed by atoms with Gasteiger partial charge in [0.25, 0.3) is 0 Å². The first kappa shape index (κ1) is 14.1. The van der Waals surface area contributed by atoms with E-state index < -0.39 is 8.80 Å².